The molecule has 21 heavy (non-hydrogen) atoms. The molecule has 2 aromatic rings. The zero-order valence-corrected chi connectivity index (χ0v) is 12.5. The zero-order valence-electron chi connectivity index (χ0n) is 12.5. The highest BCUT2D eigenvalue weighted by molar-refractivity contribution is 5.16. The first-order valence-electron chi connectivity index (χ1n) is 7.26. The number of β-amino-alcohol motifs (C(OH)–C–C–N with tert-alkyl or cyclic N) is 1. The van der Waals surface area contributed by atoms with E-state index in [4.69, 9.17) is 0 Å². The first-order chi connectivity index (χ1) is 10.1. The molecule has 3 rings (SSSR count). The van der Waals surface area contributed by atoms with E-state index in [1.54, 1.807) is 18.6 Å². The van der Waals surface area contributed by atoms with Crippen LogP contribution in [0.4, 0.5) is 0 Å². The average Bonchev–Trinajstić information content (AvgIpc) is 2.98. The van der Waals surface area contributed by atoms with E-state index in [1.165, 1.54) is 11.3 Å². The van der Waals surface area contributed by atoms with Gasteiger partial charge in [0.2, 0.25) is 0 Å². The third kappa shape index (κ3) is 3.11. The van der Waals surface area contributed by atoms with Crippen molar-refractivity contribution in [3.8, 4) is 0 Å². The van der Waals surface area contributed by atoms with E-state index in [-0.39, 0.29) is 12.0 Å². The maximum absolute atomic E-state index is 10.3. The summed E-state index contributed by atoms with van der Waals surface area (Å²) in [6.07, 6.45) is 7.54. The van der Waals surface area contributed by atoms with E-state index in [9.17, 15) is 5.11 Å². The molecular formula is C15H21N5O. The van der Waals surface area contributed by atoms with Gasteiger partial charge in [-0.15, -0.1) is 0 Å². The Labute approximate surface area is 124 Å². The Bertz CT molecular complexity index is 597. The minimum Gasteiger partial charge on any atom is -0.391 e. The zero-order chi connectivity index (χ0) is 14.8. The van der Waals surface area contributed by atoms with E-state index in [0.717, 1.165) is 25.2 Å². The summed E-state index contributed by atoms with van der Waals surface area (Å²) in [7, 11) is 1.95. The highest BCUT2D eigenvalue weighted by Gasteiger charge is 2.31. The monoisotopic (exact) mass is 287 g/mol. The fourth-order valence-corrected chi connectivity index (χ4v) is 2.92. The molecule has 0 aliphatic carbocycles. The fourth-order valence-electron chi connectivity index (χ4n) is 2.92. The summed E-state index contributed by atoms with van der Waals surface area (Å²) in [6.45, 7) is 4.50. The summed E-state index contributed by atoms with van der Waals surface area (Å²) < 4.78 is 1.89. The van der Waals surface area contributed by atoms with Gasteiger partial charge < -0.3 is 5.11 Å². The number of aromatic nitrogens is 4. The number of aliphatic hydroxyl groups excluding tert-OH is 1. The maximum atomic E-state index is 10.3. The molecule has 6 heteroatoms. The summed E-state index contributed by atoms with van der Waals surface area (Å²) in [5.41, 5.74) is 3.35. The number of nitrogens with zero attached hydrogens (tertiary/aromatic N) is 5. The van der Waals surface area contributed by atoms with Gasteiger partial charge in [0.25, 0.3) is 0 Å². The van der Waals surface area contributed by atoms with Gasteiger partial charge in [0.15, 0.2) is 0 Å². The van der Waals surface area contributed by atoms with Gasteiger partial charge in [-0.3, -0.25) is 19.5 Å². The molecule has 1 N–H and O–H groups in total. The molecule has 1 saturated heterocycles. The average molecular weight is 287 g/mol. The van der Waals surface area contributed by atoms with Crippen LogP contribution in [-0.4, -0.2) is 48.9 Å². The van der Waals surface area contributed by atoms with Gasteiger partial charge in [0, 0.05) is 62.4 Å². The van der Waals surface area contributed by atoms with Gasteiger partial charge in [-0.25, -0.2) is 0 Å². The smallest absolute Gasteiger partial charge is 0.0711 e. The second kappa shape index (κ2) is 5.91. The van der Waals surface area contributed by atoms with Crippen LogP contribution in [0.3, 0.4) is 0 Å². The largest absolute Gasteiger partial charge is 0.391 e. The standard InChI is InChI=1S/C15H21N5O/c1-11-13(6-18-19(11)2)9-20-8-12(15(21)10-20)5-14-7-16-3-4-17-14/h3-4,6-7,12,15,21H,5,8-10H2,1-2H3/t12-,15-/m1/s1. The Morgan fingerprint density at radius 3 is 2.81 bits per heavy atom. The van der Waals surface area contributed by atoms with Crippen LogP contribution in [0.25, 0.3) is 0 Å². The summed E-state index contributed by atoms with van der Waals surface area (Å²) in [6, 6.07) is 0. The molecule has 0 bridgehead atoms. The lowest BCUT2D eigenvalue weighted by molar-refractivity contribution is 0.140. The van der Waals surface area contributed by atoms with Crippen LogP contribution < -0.4 is 0 Å². The quantitative estimate of drug-likeness (QED) is 0.889. The third-order valence-corrected chi connectivity index (χ3v) is 4.30. The molecular weight excluding hydrogens is 266 g/mol. The van der Waals surface area contributed by atoms with E-state index in [0.29, 0.717) is 6.54 Å². The van der Waals surface area contributed by atoms with Crippen LogP contribution in [0.15, 0.2) is 24.8 Å². The van der Waals surface area contributed by atoms with Crippen molar-refractivity contribution in [1.82, 2.24) is 24.6 Å². The minimum atomic E-state index is -0.302. The van der Waals surface area contributed by atoms with Gasteiger partial charge in [-0.1, -0.05) is 0 Å². The number of aryl methyl sites for hydroxylation is 1. The van der Waals surface area contributed by atoms with E-state index >= 15 is 0 Å². The predicted octanol–water partition coefficient (Wildman–Crippen LogP) is 0.554. The summed E-state index contributed by atoms with van der Waals surface area (Å²) in [5, 5.41) is 14.5. The SMILES string of the molecule is Cc1c(CN2C[C@@H](Cc3cnccn3)[C@H](O)C2)cnn1C. The van der Waals surface area contributed by atoms with Crippen LogP contribution >= 0.6 is 0 Å². The van der Waals surface area contributed by atoms with E-state index in [1.807, 2.05) is 17.9 Å². The molecule has 1 aliphatic heterocycles. The molecule has 0 radical (unpaired) electrons. The van der Waals surface area contributed by atoms with Crippen molar-refractivity contribution in [2.75, 3.05) is 13.1 Å². The van der Waals surface area contributed by atoms with Crippen molar-refractivity contribution in [1.29, 1.82) is 0 Å². The molecule has 1 fully saturated rings. The van der Waals surface area contributed by atoms with E-state index < -0.39 is 0 Å². The highest BCUT2D eigenvalue weighted by Crippen LogP contribution is 2.23. The van der Waals surface area contributed by atoms with Crippen molar-refractivity contribution in [3.05, 3.63) is 41.7 Å². The number of hydrogen-bond acceptors (Lipinski definition) is 5. The van der Waals surface area contributed by atoms with Crippen molar-refractivity contribution in [2.45, 2.75) is 26.0 Å². The lowest BCUT2D eigenvalue weighted by Crippen LogP contribution is -2.21. The number of hydrogen-bond donors (Lipinski definition) is 1. The number of rotatable bonds is 4. The fraction of sp³-hybridized carbons (Fsp3) is 0.533. The molecule has 0 spiro atoms. The molecule has 2 aromatic heterocycles. The van der Waals surface area contributed by atoms with Crippen molar-refractivity contribution < 1.29 is 5.11 Å². The predicted molar refractivity (Wildman–Crippen MR) is 78.5 cm³/mol. The van der Waals surface area contributed by atoms with Crippen molar-refractivity contribution in [3.63, 3.8) is 0 Å². The lowest BCUT2D eigenvalue weighted by atomic mass is 10.0. The van der Waals surface area contributed by atoms with Gasteiger partial charge in [-0.05, 0) is 13.3 Å². The molecule has 0 amide bonds. The van der Waals surface area contributed by atoms with Crippen LogP contribution in [0.1, 0.15) is 17.0 Å². The molecule has 112 valence electrons. The van der Waals surface area contributed by atoms with Crippen LogP contribution in [0.5, 0.6) is 0 Å². The Hall–Kier alpha value is -1.79. The summed E-state index contributed by atoms with van der Waals surface area (Å²) in [4.78, 5) is 10.7. The van der Waals surface area contributed by atoms with Crippen LogP contribution in [0.2, 0.25) is 0 Å². The molecule has 0 unspecified atom stereocenters. The molecule has 0 aromatic carbocycles. The number of aliphatic hydroxyl groups is 1. The van der Waals surface area contributed by atoms with Gasteiger partial charge in [0.05, 0.1) is 18.0 Å². The second-order valence-electron chi connectivity index (χ2n) is 5.80. The Kier molecular flexibility index (Phi) is 3.98. The van der Waals surface area contributed by atoms with Crippen molar-refractivity contribution in [2.24, 2.45) is 13.0 Å². The highest BCUT2D eigenvalue weighted by atomic mass is 16.3. The molecule has 0 saturated carbocycles. The van der Waals surface area contributed by atoms with E-state index in [2.05, 4.69) is 26.9 Å². The second-order valence-corrected chi connectivity index (χ2v) is 5.80. The Balaban J connectivity index is 1.62. The first-order valence-corrected chi connectivity index (χ1v) is 7.26. The molecule has 3 heterocycles. The van der Waals surface area contributed by atoms with Gasteiger partial charge in [0.1, 0.15) is 0 Å². The van der Waals surface area contributed by atoms with Crippen LogP contribution in [0, 0.1) is 12.8 Å². The summed E-state index contributed by atoms with van der Waals surface area (Å²) >= 11 is 0. The Morgan fingerprint density at radius 2 is 2.14 bits per heavy atom. The first kappa shape index (κ1) is 14.2. The lowest BCUT2D eigenvalue weighted by Gasteiger charge is -2.15. The normalized spacial score (nSPS) is 22.8. The third-order valence-electron chi connectivity index (χ3n) is 4.30. The maximum Gasteiger partial charge on any atom is 0.0711 e. The minimum absolute atomic E-state index is 0.221. The van der Waals surface area contributed by atoms with Gasteiger partial charge >= 0.3 is 0 Å². The molecule has 2 atom stereocenters. The molecule has 1 aliphatic rings. The summed E-state index contributed by atoms with van der Waals surface area (Å²) in [5.74, 6) is 0.221. The van der Waals surface area contributed by atoms with Crippen LogP contribution in [-0.2, 0) is 20.0 Å². The Morgan fingerprint density at radius 1 is 1.29 bits per heavy atom. The van der Waals surface area contributed by atoms with Gasteiger partial charge in [-0.2, -0.15) is 5.10 Å². The topological polar surface area (TPSA) is 67.1 Å². The number of likely N-dealkylation sites (tertiary alicyclic amines) is 1. The molecule has 6 nitrogen and oxygen atoms in total. The van der Waals surface area contributed by atoms with Crippen molar-refractivity contribution >= 4 is 0 Å².